The molecular formula is C23H24N4O3. The summed E-state index contributed by atoms with van der Waals surface area (Å²) in [6.07, 6.45) is 2.32. The molecule has 0 unspecified atom stereocenters. The Morgan fingerprint density at radius 2 is 1.97 bits per heavy atom. The van der Waals surface area contributed by atoms with E-state index in [1.54, 1.807) is 10.7 Å². The first-order valence-electron chi connectivity index (χ1n) is 9.91. The summed E-state index contributed by atoms with van der Waals surface area (Å²) in [5.74, 6) is 0.664. The molecule has 0 atom stereocenters. The molecule has 154 valence electrons. The van der Waals surface area contributed by atoms with E-state index in [0.717, 1.165) is 39.3 Å². The van der Waals surface area contributed by atoms with Crippen LogP contribution in [-0.4, -0.2) is 25.5 Å². The summed E-state index contributed by atoms with van der Waals surface area (Å²) in [6, 6.07) is 5.63. The molecule has 30 heavy (non-hydrogen) atoms. The van der Waals surface area contributed by atoms with Crippen LogP contribution in [0.1, 0.15) is 50.6 Å². The van der Waals surface area contributed by atoms with Crippen LogP contribution in [0.5, 0.6) is 0 Å². The van der Waals surface area contributed by atoms with Crippen LogP contribution in [0.15, 0.2) is 33.7 Å². The van der Waals surface area contributed by atoms with Crippen LogP contribution in [0.2, 0.25) is 0 Å². The van der Waals surface area contributed by atoms with Gasteiger partial charge in [0.05, 0.1) is 22.5 Å². The highest BCUT2D eigenvalue weighted by Crippen LogP contribution is 2.35. The van der Waals surface area contributed by atoms with Gasteiger partial charge in [-0.3, -0.25) is 9.59 Å². The van der Waals surface area contributed by atoms with Gasteiger partial charge >= 0.3 is 0 Å². The average Bonchev–Trinajstić information content (AvgIpc) is 3.16. The van der Waals surface area contributed by atoms with E-state index < -0.39 is 0 Å². The zero-order valence-electron chi connectivity index (χ0n) is 17.8. The molecule has 0 aliphatic heterocycles. The summed E-state index contributed by atoms with van der Waals surface area (Å²) < 4.78 is 7.13. The SMILES string of the molecule is Cc1cc(C)c(CCC(=O)c2c(C)c(-c3c(C)noc3C)n3ncccc23)c(=O)[nH]1. The van der Waals surface area contributed by atoms with Crippen molar-refractivity contribution in [1.82, 2.24) is 19.8 Å². The maximum absolute atomic E-state index is 13.3. The lowest BCUT2D eigenvalue weighted by Crippen LogP contribution is -2.17. The Labute approximate surface area is 173 Å². The lowest BCUT2D eigenvalue weighted by molar-refractivity contribution is 0.0984. The number of Topliss-reactive ketones (excluding diaryl/α,β-unsaturated/α-hetero) is 1. The highest BCUT2D eigenvalue weighted by Gasteiger charge is 2.26. The van der Waals surface area contributed by atoms with Crippen LogP contribution in [0.3, 0.4) is 0 Å². The number of aryl methyl sites for hydroxylation is 4. The van der Waals surface area contributed by atoms with E-state index in [2.05, 4.69) is 15.2 Å². The summed E-state index contributed by atoms with van der Waals surface area (Å²) in [5.41, 5.74) is 6.86. The molecule has 0 aliphatic carbocycles. The average molecular weight is 404 g/mol. The highest BCUT2D eigenvalue weighted by molar-refractivity contribution is 6.06. The van der Waals surface area contributed by atoms with Crippen molar-refractivity contribution in [2.24, 2.45) is 0 Å². The minimum absolute atomic E-state index is 0.0182. The van der Waals surface area contributed by atoms with E-state index in [1.165, 1.54) is 0 Å². The Bertz CT molecular complexity index is 1320. The van der Waals surface area contributed by atoms with Crippen molar-refractivity contribution in [3.8, 4) is 11.3 Å². The quantitative estimate of drug-likeness (QED) is 0.507. The van der Waals surface area contributed by atoms with E-state index in [0.29, 0.717) is 23.3 Å². The molecular weight excluding hydrogens is 380 g/mol. The van der Waals surface area contributed by atoms with Gasteiger partial charge in [-0.15, -0.1) is 0 Å². The van der Waals surface area contributed by atoms with Crippen molar-refractivity contribution >= 4 is 11.3 Å². The fraction of sp³-hybridized carbons (Fsp3) is 0.304. The number of carbonyl (C=O) groups excluding carboxylic acids is 1. The van der Waals surface area contributed by atoms with Crippen LogP contribution < -0.4 is 5.56 Å². The molecule has 4 aromatic heterocycles. The minimum Gasteiger partial charge on any atom is -0.361 e. The molecule has 4 heterocycles. The number of carbonyl (C=O) groups is 1. The first kappa shape index (κ1) is 19.8. The van der Waals surface area contributed by atoms with E-state index in [9.17, 15) is 9.59 Å². The van der Waals surface area contributed by atoms with Gasteiger partial charge in [0.1, 0.15) is 5.76 Å². The highest BCUT2D eigenvalue weighted by atomic mass is 16.5. The fourth-order valence-electron chi connectivity index (χ4n) is 4.23. The second-order valence-corrected chi connectivity index (χ2v) is 7.73. The number of nitrogens with one attached hydrogen (secondary N) is 1. The maximum Gasteiger partial charge on any atom is 0.251 e. The van der Waals surface area contributed by atoms with Crippen molar-refractivity contribution in [3.63, 3.8) is 0 Å². The smallest absolute Gasteiger partial charge is 0.251 e. The van der Waals surface area contributed by atoms with Gasteiger partial charge in [0.25, 0.3) is 5.56 Å². The molecule has 0 amide bonds. The summed E-state index contributed by atoms with van der Waals surface area (Å²) in [6.45, 7) is 9.41. The number of rotatable bonds is 5. The normalized spacial score (nSPS) is 11.4. The Balaban J connectivity index is 1.78. The summed E-state index contributed by atoms with van der Waals surface area (Å²) in [4.78, 5) is 28.4. The topological polar surface area (TPSA) is 93.3 Å². The zero-order chi connectivity index (χ0) is 21.6. The van der Waals surface area contributed by atoms with Gasteiger partial charge in [0.2, 0.25) is 0 Å². The Kier molecular flexibility index (Phi) is 4.89. The van der Waals surface area contributed by atoms with Crippen LogP contribution in [0.4, 0.5) is 0 Å². The zero-order valence-corrected chi connectivity index (χ0v) is 17.8. The van der Waals surface area contributed by atoms with Gasteiger partial charge in [-0.05, 0) is 70.4 Å². The third kappa shape index (κ3) is 3.16. The molecule has 1 N–H and O–H groups in total. The second kappa shape index (κ2) is 7.40. The number of aromatic amines is 1. The number of nitrogens with zero attached hydrogens (tertiary/aromatic N) is 3. The number of hydrogen-bond donors (Lipinski definition) is 1. The van der Waals surface area contributed by atoms with Crippen molar-refractivity contribution in [2.45, 2.75) is 47.5 Å². The molecule has 0 spiro atoms. The van der Waals surface area contributed by atoms with E-state index in [1.807, 2.05) is 52.8 Å². The van der Waals surface area contributed by atoms with Gasteiger partial charge in [-0.2, -0.15) is 5.10 Å². The van der Waals surface area contributed by atoms with E-state index >= 15 is 0 Å². The van der Waals surface area contributed by atoms with Gasteiger partial charge in [-0.1, -0.05) is 5.16 Å². The number of hydrogen-bond acceptors (Lipinski definition) is 5. The van der Waals surface area contributed by atoms with Crippen molar-refractivity contribution in [2.75, 3.05) is 0 Å². The second-order valence-electron chi connectivity index (χ2n) is 7.73. The Hall–Kier alpha value is -3.48. The molecule has 0 bridgehead atoms. The predicted molar refractivity (Wildman–Crippen MR) is 114 cm³/mol. The lowest BCUT2D eigenvalue weighted by Gasteiger charge is -2.06. The summed E-state index contributed by atoms with van der Waals surface area (Å²) >= 11 is 0. The van der Waals surface area contributed by atoms with E-state index in [-0.39, 0.29) is 17.8 Å². The monoisotopic (exact) mass is 404 g/mol. The van der Waals surface area contributed by atoms with Crippen molar-refractivity contribution < 1.29 is 9.32 Å². The molecule has 4 aromatic rings. The first-order chi connectivity index (χ1) is 14.3. The van der Waals surface area contributed by atoms with Gasteiger partial charge in [0, 0.05) is 29.4 Å². The third-order valence-electron chi connectivity index (χ3n) is 5.59. The van der Waals surface area contributed by atoms with Crippen LogP contribution in [0.25, 0.3) is 16.8 Å². The number of aromatic nitrogens is 4. The summed E-state index contributed by atoms with van der Waals surface area (Å²) in [7, 11) is 0. The molecule has 0 fully saturated rings. The molecule has 0 saturated heterocycles. The number of H-pyrrole nitrogens is 1. The molecule has 0 aliphatic rings. The number of pyridine rings is 1. The van der Waals surface area contributed by atoms with Gasteiger partial charge in [0.15, 0.2) is 5.78 Å². The van der Waals surface area contributed by atoms with Crippen molar-refractivity contribution in [3.05, 3.63) is 74.2 Å². The van der Waals surface area contributed by atoms with Crippen molar-refractivity contribution in [1.29, 1.82) is 0 Å². The van der Waals surface area contributed by atoms with Gasteiger partial charge < -0.3 is 9.51 Å². The van der Waals surface area contributed by atoms with Gasteiger partial charge in [-0.25, -0.2) is 4.52 Å². The van der Waals surface area contributed by atoms with Crippen LogP contribution in [0, 0.1) is 34.6 Å². The standard InChI is InChI=1S/C23H24N4O3/c1-12-11-13(2)25-23(29)17(12)8-9-19(28)20-14(3)22(21-15(4)26-30-16(21)5)27-18(20)7-6-10-24-27/h6-7,10-11H,8-9H2,1-5H3,(H,25,29). The number of ketones is 1. The molecule has 0 aromatic carbocycles. The lowest BCUT2D eigenvalue weighted by atomic mass is 9.97. The molecule has 7 nitrogen and oxygen atoms in total. The molecule has 0 radical (unpaired) electrons. The fourth-order valence-corrected chi connectivity index (χ4v) is 4.23. The predicted octanol–water partition coefficient (Wildman–Crippen LogP) is 4.04. The molecule has 7 heteroatoms. The Morgan fingerprint density at radius 1 is 1.20 bits per heavy atom. The van der Waals surface area contributed by atoms with Crippen LogP contribution >= 0.6 is 0 Å². The third-order valence-corrected chi connectivity index (χ3v) is 5.59. The minimum atomic E-state index is -0.128. The molecule has 4 rings (SSSR count). The Morgan fingerprint density at radius 3 is 2.63 bits per heavy atom. The number of fused-ring (bicyclic) bond motifs is 1. The first-order valence-corrected chi connectivity index (χ1v) is 9.91. The van der Waals surface area contributed by atoms with Crippen LogP contribution in [-0.2, 0) is 6.42 Å². The maximum atomic E-state index is 13.3. The largest absolute Gasteiger partial charge is 0.361 e. The summed E-state index contributed by atoms with van der Waals surface area (Å²) in [5, 5.41) is 8.54. The molecule has 0 saturated carbocycles. The van der Waals surface area contributed by atoms with E-state index in [4.69, 9.17) is 4.52 Å².